The van der Waals surface area contributed by atoms with Gasteiger partial charge in [-0.3, -0.25) is 0 Å². The number of rotatable bonds is 5. The molecule has 0 amide bonds. The molecular formula is C21H19F3N4OS. The highest BCUT2D eigenvalue weighted by molar-refractivity contribution is 7.07. The number of aromatic amines is 2. The molecule has 2 aromatic heterocycles. The van der Waals surface area contributed by atoms with Crippen molar-refractivity contribution in [3.05, 3.63) is 68.7 Å². The van der Waals surface area contributed by atoms with Crippen LogP contribution in [-0.4, -0.2) is 14.5 Å². The van der Waals surface area contributed by atoms with E-state index in [0.29, 0.717) is 39.3 Å². The highest BCUT2D eigenvalue weighted by atomic mass is 32.1. The first-order chi connectivity index (χ1) is 14.3. The summed E-state index contributed by atoms with van der Waals surface area (Å²) in [7, 11) is 0. The lowest BCUT2D eigenvalue weighted by atomic mass is 10.1. The Hall–Kier alpha value is -3.07. The minimum Gasteiger partial charge on any atom is -0.316 e. The molecule has 0 unspecified atom stereocenters. The molecule has 0 aliphatic carbocycles. The average Bonchev–Trinajstić information content (AvgIpc) is 3.27. The maximum absolute atomic E-state index is 13.2. The number of nitrogens with one attached hydrogen (secondary N) is 2. The van der Waals surface area contributed by atoms with Crippen molar-refractivity contribution in [2.24, 2.45) is 4.99 Å². The maximum Gasteiger partial charge on any atom is 0.416 e. The topological polar surface area (TPSA) is 65.9 Å². The van der Waals surface area contributed by atoms with Crippen molar-refractivity contribution < 1.29 is 13.2 Å². The summed E-state index contributed by atoms with van der Waals surface area (Å²) in [5, 5.41) is 1.83. The fourth-order valence-electron chi connectivity index (χ4n) is 3.24. The average molecular weight is 432 g/mol. The second kappa shape index (κ2) is 7.98. The monoisotopic (exact) mass is 432 g/mol. The molecule has 0 atom stereocenters. The Morgan fingerprint density at radius 1 is 1.10 bits per heavy atom. The SMILES string of the molecule is CCCCn1c(-c2cccc(C(F)(F)F)c2)csc1=Nc1ccc2[nH]c(=O)[nH]c2c1. The number of fused-ring (bicyclic) bond motifs is 1. The first kappa shape index (κ1) is 20.2. The predicted molar refractivity (Wildman–Crippen MR) is 112 cm³/mol. The summed E-state index contributed by atoms with van der Waals surface area (Å²) in [5.41, 5.74) is 2.24. The molecule has 5 nitrogen and oxygen atoms in total. The molecule has 9 heteroatoms. The van der Waals surface area contributed by atoms with E-state index >= 15 is 0 Å². The van der Waals surface area contributed by atoms with Gasteiger partial charge in [-0.25, -0.2) is 9.79 Å². The molecule has 0 radical (unpaired) electrons. The van der Waals surface area contributed by atoms with Gasteiger partial charge in [-0.05, 0) is 42.3 Å². The number of hydrogen-bond donors (Lipinski definition) is 2. The molecule has 156 valence electrons. The quantitative estimate of drug-likeness (QED) is 0.433. The fraction of sp³-hybridized carbons (Fsp3) is 0.238. The fourth-order valence-corrected chi connectivity index (χ4v) is 4.19. The van der Waals surface area contributed by atoms with Crippen LogP contribution in [0.15, 0.2) is 57.6 Å². The van der Waals surface area contributed by atoms with E-state index in [0.717, 1.165) is 18.9 Å². The van der Waals surface area contributed by atoms with E-state index in [2.05, 4.69) is 16.9 Å². The lowest BCUT2D eigenvalue weighted by Crippen LogP contribution is -2.16. The molecule has 2 heterocycles. The first-order valence-electron chi connectivity index (χ1n) is 9.48. The third-order valence-corrected chi connectivity index (χ3v) is 5.61. The van der Waals surface area contributed by atoms with Crippen molar-refractivity contribution in [2.75, 3.05) is 0 Å². The van der Waals surface area contributed by atoms with Crippen LogP contribution in [0, 0.1) is 0 Å². The molecule has 0 saturated carbocycles. The Labute approximate surface area is 173 Å². The smallest absolute Gasteiger partial charge is 0.316 e. The minimum atomic E-state index is -4.39. The second-order valence-corrected chi connectivity index (χ2v) is 7.74. The third kappa shape index (κ3) is 4.11. The standard InChI is InChI=1S/C21H19F3N4OS/c1-2-3-9-28-18(13-5-4-6-14(10-13)21(22,23)24)12-30-20(28)25-15-7-8-16-17(11-15)27-19(29)26-16/h4-8,10-12H,2-3,9H2,1H3,(H2,26,27,29). The van der Waals surface area contributed by atoms with Gasteiger partial charge in [-0.1, -0.05) is 25.5 Å². The van der Waals surface area contributed by atoms with Gasteiger partial charge in [0.25, 0.3) is 0 Å². The Morgan fingerprint density at radius 3 is 2.67 bits per heavy atom. The van der Waals surface area contributed by atoms with Crippen LogP contribution in [0.4, 0.5) is 18.9 Å². The van der Waals surface area contributed by atoms with Crippen LogP contribution >= 0.6 is 11.3 Å². The Balaban J connectivity index is 1.82. The van der Waals surface area contributed by atoms with E-state index in [1.54, 1.807) is 24.3 Å². The van der Waals surface area contributed by atoms with E-state index in [1.807, 2.05) is 9.95 Å². The summed E-state index contributed by atoms with van der Waals surface area (Å²) in [4.78, 5) is 22.2. The molecule has 0 saturated heterocycles. The zero-order valence-corrected chi connectivity index (χ0v) is 16.9. The summed E-state index contributed by atoms with van der Waals surface area (Å²) < 4.78 is 41.4. The molecule has 0 spiro atoms. The highest BCUT2D eigenvalue weighted by Crippen LogP contribution is 2.32. The van der Waals surface area contributed by atoms with Gasteiger partial charge >= 0.3 is 11.9 Å². The van der Waals surface area contributed by atoms with E-state index in [9.17, 15) is 18.0 Å². The second-order valence-electron chi connectivity index (χ2n) is 6.91. The largest absolute Gasteiger partial charge is 0.416 e. The van der Waals surface area contributed by atoms with E-state index in [-0.39, 0.29) is 5.69 Å². The predicted octanol–water partition coefficient (Wildman–Crippen LogP) is 5.44. The lowest BCUT2D eigenvalue weighted by molar-refractivity contribution is -0.137. The maximum atomic E-state index is 13.2. The molecule has 4 aromatic rings. The van der Waals surface area contributed by atoms with Crippen molar-refractivity contribution in [2.45, 2.75) is 32.5 Å². The number of nitrogens with zero attached hydrogens (tertiary/aromatic N) is 2. The Morgan fingerprint density at radius 2 is 1.90 bits per heavy atom. The van der Waals surface area contributed by atoms with Gasteiger partial charge in [0.1, 0.15) is 0 Å². The lowest BCUT2D eigenvalue weighted by Gasteiger charge is -2.11. The number of alkyl halides is 3. The highest BCUT2D eigenvalue weighted by Gasteiger charge is 2.30. The molecule has 0 fully saturated rings. The number of halogens is 3. The summed E-state index contributed by atoms with van der Waals surface area (Å²) >= 11 is 1.38. The molecule has 2 aromatic carbocycles. The molecule has 0 aliphatic rings. The number of hydrogen-bond acceptors (Lipinski definition) is 3. The van der Waals surface area contributed by atoms with Gasteiger partial charge in [0.2, 0.25) is 0 Å². The summed E-state index contributed by atoms with van der Waals surface area (Å²) in [6.45, 7) is 2.71. The van der Waals surface area contributed by atoms with Crippen LogP contribution < -0.4 is 10.5 Å². The zero-order chi connectivity index (χ0) is 21.3. The molecule has 0 bridgehead atoms. The van der Waals surface area contributed by atoms with Gasteiger partial charge in [-0.15, -0.1) is 11.3 Å². The summed E-state index contributed by atoms with van der Waals surface area (Å²) in [6, 6.07) is 10.7. The van der Waals surface area contributed by atoms with Gasteiger partial charge in [0.15, 0.2) is 4.80 Å². The van der Waals surface area contributed by atoms with Crippen LogP contribution in [0.5, 0.6) is 0 Å². The number of imidazole rings is 1. The van der Waals surface area contributed by atoms with Crippen LogP contribution in [-0.2, 0) is 12.7 Å². The number of aromatic nitrogens is 3. The van der Waals surface area contributed by atoms with Crippen LogP contribution in [0.2, 0.25) is 0 Å². The van der Waals surface area contributed by atoms with Crippen LogP contribution in [0.25, 0.3) is 22.3 Å². The molecule has 30 heavy (non-hydrogen) atoms. The van der Waals surface area contributed by atoms with Gasteiger partial charge in [0.05, 0.1) is 28.0 Å². The zero-order valence-electron chi connectivity index (χ0n) is 16.1. The number of thiazole rings is 1. The molecule has 4 rings (SSSR count). The van der Waals surface area contributed by atoms with Crippen molar-refractivity contribution >= 4 is 28.1 Å². The van der Waals surface area contributed by atoms with Crippen molar-refractivity contribution in [3.63, 3.8) is 0 Å². The summed E-state index contributed by atoms with van der Waals surface area (Å²) in [5.74, 6) is 0. The van der Waals surface area contributed by atoms with Gasteiger partial charge < -0.3 is 14.5 Å². The van der Waals surface area contributed by atoms with Gasteiger partial charge in [0, 0.05) is 11.9 Å². The molecule has 0 aliphatic heterocycles. The number of unbranched alkanes of at least 4 members (excludes halogenated alkanes) is 1. The normalized spacial score (nSPS) is 12.7. The van der Waals surface area contributed by atoms with E-state index in [4.69, 9.17) is 4.99 Å². The Kier molecular flexibility index (Phi) is 5.38. The summed E-state index contributed by atoms with van der Waals surface area (Å²) in [6.07, 6.45) is -2.57. The van der Waals surface area contributed by atoms with E-state index in [1.165, 1.54) is 23.5 Å². The number of benzene rings is 2. The number of H-pyrrole nitrogens is 2. The van der Waals surface area contributed by atoms with Crippen LogP contribution in [0.1, 0.15) is 25.3 Å². The Bertz CT molecular complexity index is 1310. The first-order valence-corrected chi connectivity index (χ1v) is 10.4. The van der Waals surface area contributed by atoms with E-state index < -0.39 is 11.7 Å². The van der Waals surface area contributed by atoms with Crippen molar-refractivity contribution in [3.8, 4) is 11.3 Å². The van der Waals surface area contributed by atoms with Gasteiger partial charge in [-0.2, -0.15) is 13.2 Å². The molecular weight excluding hydrogens is 413 g/mol. The third-order valence-electron chi connectivity index (χ3n) is 4.74. The molecule has 2 N–H and O–H groups in total. The van der Waals surface area contributed by atoms with Crippen molar-refractivity contribution in [1.29, 1.82) is 0 Å². The van der Waals surface area contributed by atoms with Crippen molar-refractivity contribution in [1.82, 2.24) is 14.5 Å². The van der Waals surface area contributed by atoms with Crippen LogP contribution in [0.3, 0.4) is 0 Å². The minimum absolute atomic E-state index is 0.289.